The first-order valence-electron chi connectivity index (χ1n) is 10.8. The number of piperidine rings is 1. The minimum absolute atomic E-state index is 0.115. The van der Waals surface area contributed by atoms with E-state index in [0.29, 0.717) is 6.42 Å². The lowest BCUT2D eigenvalue weighted by molar-refractivity contribution is -0.137. The molecule has 31 heavy (non-hydrogen) atoms. The van der Waals surface area contributed by atoms with Crippen molar-refractivity contribution in [2.24, 2.45) is 0 Å². The van der Waals surface area contributed by atoms with Gasteiger partial charge in [0.05, 0.1) is 17.6 Å². The number of nitrogens with one attached hydrogen (secondary N) is 3. The zero-order chi connectivity index (χ0) is 21.4. The second-order valence-electron chi connectivity index (χ2n) is 8.35. The molecule has 0 bridgehead atoms. The number of benzene rings is 2. The average molecular weight is 416 g/mol. The minimum Gasteiger partial charge on any atom is -0.344 e. The molecule has 7 heteroatoms. The first-order valence-corrected chi connectivity index (χ1v) is 10.8. The van der Waals surface area contributed by atoms with Gasteiger partial charge in [-0.2, -0.15) is 5.10 Å². The number of nitrogens with zero attached hydrogens (tertiary/aromatic N) is 1. The second-order valence-corrected chi connectivity index (χ2v) is 8.35. The van der Waals surface area contributed by atoms with E-state index in [1.807, 2.05) is 18.2 Å². The van der Waals surface area contributed by atoms with Crippen LogP contribution in [0.5, 0.6) is 0 Å². The van der Waals surface area contributed by atoms with Crippen LogP contribution in [0.2, 0.25) is 0 Å². The highest BCUT2D eigenvalue weighted by Gasteiger charge is 2.28. The van der Waals surface area contributed by atoms with Crippen molar-refractivity contribution >= 4 is 28.6 Å². The summed E-state index contributed by atoms with van der Waals surface area (Å²) < 4.78 is 0. The van der Waals surface area contributed by atoms with E-state index in [4.69, 9.17) is 0 Å². The van der Waals surface area contributed by atoms with Crippen LogP contribution in [0.4, 0.5) is 0 Å². The predicted molar refractivity (Wildman–Crippen MR) is 116 cm³/mol. The van der Waals surface area contributed by atoms with Crippen LogP contribution in [0.15, 0.2) is 36.4 Å². The zero-order valence-corrected chi connectivity index (χ0v) is 17.2. The van der Waals surface area contributed by atoms with Crippen LogP contribution in [0, 0.1) is 0 Å². The van der Waals surface area contributed by atoms with Gasteiger partial charge >= 0.3 is 0 Å². The van der Waals surface area contributed by atoms with Crippen LogP contribution in [-0.4, -0.2) is 34.0 Å². The number of hydrogen-bond donors (Lipinski definition) is 3. The summed E-state index contributed by atoms with van der Waals surface area (Å²) >= 11 is 0. The monoisotopic (exact) mass is 416 g/mol. The maximum Gasteiger partial charge on any atom is 0.249 e. The average Bonchev–Trinajstić information content (AvgIpc) is 3.21. The van der Waals surface area contributed by atoms with Crippen LogP contribution in [-0.2, 0) is 33.6 Å². The SMILES string of the molecule is O=C1CCC(NC(=O)Cc2cccc3c(-c4ccc5c(c4)CCCC5)[nH]nc23)C(=O)N1. The van der Waals surface area contributed by atoms with Gasteiger partial charge in [0.2, 0.25) is 17.7 Å². The molecule has 3 aromatic rings. The molecule has 1 atom stereocenters. The number of aromatic amines is 1. The van der Waals surface area contributed by atoms with Crippen molar-refractivity contribution in [1.29, 1.82) is 0 Å². The molecule has 158 valence electrons. The Hall–Kier alpha value is -3.48. The molecule has 3 N–H and O–H groups in total. The molecule has 2 aliphatic rings. The lowest BCUT2D eigenvalue weighted by Gasteiger charge is -2.21. The van der Waals surface area contributed by atoms with E-state index in [1.165, 1.54) is 24.0 Å². The summed E-state index contributed by atoms with van der Waals surface area (Å²) in [6.07, 6.45) is 5.41. The normalized spacial score (nSPS) is 18.5. The van der Waals surface area contributed by atoms with Gasteiger partial charge in [0.1, 0.15) is 6.04 Å². The molecule has 2 heterocycles. The number of fused-ring (bicyclic) bond motifs is 2. The number of H-pyrrole nitrogens is 1. The molecule has 3 amide bonds. The highest BCUT2D eigenvalue weighted by Crippen LogP contribution is 2.31. The quantitative estimate of drug-likeness (QED) is 0.569. The molecule has 0 spiro atoms. The molecule has 1 aromatic heterocycles. The summed E-state index contributed by atoms with van der Waals surface area (Å²) in [6, 6.07) is 11.7. The number of amides is 3. The van der Waals surface area contributed by atoms with E-state index in [0.717, 1.165) is 40.6 Å². The van der Waals surface area contributed by atoms with Crippen LogP contribution >= 0.6 is 0 Å². The third kappa shape index (κ3) is 3.83. The first-order chi connectivity index (χ1) is 15.1. The maximum absolute atomic E-state index is 12.6. The number of hydrogen-bond acceptors (Lipinski definition) is 4. The fourth-order valence-corrected chi connectivity index (χ4v) is 4.60. The van der Waals surface area contributed by atoms with Crippen molar-refractivity contribution in [2.75, 3.05) is 0 Å². The van der Waals surface area contributed by atoms with E-state index < -0.39 is 11.9 Å². The van der Waals surface area contributed by atoms with E-state index in [9.17, 15) is 14.4 Å². The van der Waals surface area contributed by atoms with Gasteiger partial charge < -0.3 is 5.32 Å². The van der Waals surface area contributed by atoms with Crippen molar-refractivity contribution in [3.05, 3.63) is 53.1 Å². The molecule has 0 radical (unpaired) electrons. The number of aryl methyl sites for hydroxylation is 2. The molecule has 1 aliphatic heterocycles. The molecule has 1 aliphatic carbocycles. The number of imide groups is 1. The number of aromatic nitrogens is 2. The van der Waals surface area contributed by atoms with Crippen molar-refractivity contribution in [1.82, 2.24) is 20.8 Å². The molecule has 7 nitrogen and oxygen atoms in total. The summed E-state index contributed by atoms with van der Waals surface area (Å²) in [7, 11) is 0. The molecular formula is C24H24N4O3. The van der Waals surface area contributed by atoms with E-state index in [-0.39, 0.29) is 24.7 Å². The molecule has 1 fully saturated rings. The third-order valence-electron chi connectivity index (χ3n) is 6.23. The summed E-state index contributed by atoms with van der Waals surface area (Å²) in [4.78, 5) is 35.8. The van der Waals surface area contributed by atoms with Crippen molar-refractivity contribution in [2.45, 2.75) is 51.0 Å². The van der Waals surface area contributed by atoms with Crippen LogP contribution in [0.1, 0.15) is 42.4 Å². The maximum atomic E-state index is 12.6. The summed E-state index contributed by atoms with van der Waals surface area (Å²) in [6.45, 7) is 0. The molecular weight excluding hydrogens is 392 g/mol. The Bertz CT molecular complexity index is 1200. The Morgan fingerprint density at radius 1 is 1.06 bits per heavy atom. The summed E-state index contributed by atoms with van der Waals surface area (Å²) in [5.41, 5.74) is 6.45. The highest BCUT2D eigenvalue weighted by atomic mass is 16.2. The van der Waals surface area contributed by atoms with Crippen molar-refractivity contribution < 1.29 is 14.4 Å². The van der Waals surface area contributed by atoms with E-state index in [2.05, 4.69) is 39.0 Å². The lowest BCUT2D eigenvalue weighted by Crippen LogP contribution is -2.52. The van der Waals surface area contributed by atoms with Crippen molar-refractivity contribution in [3.63, 3.8) is 0 Å². The van der Waals surface area contributed by atoms with Gasteiger partial charge in [-0.25, -0.2) is 0 Å². The van der Waals surface area contributed by atoms with Gasteiger partial charge in [0, 0.05) is 17.4 Å². The predicted octanol–water partition coefficient (Wildman–Crippen LogP) is 2.57. The van der Waals surface area contributed by atoms with Crippen LogP contribution < -0.4 is 10.6 Å². The van der Waals surface area contributed by atoms with Gasteiger partial charge in [-0.15, -0.1) is 0 Å². The Kier molecular flexibility index (Phi) is 5.02. The lowest BCUT2D eigenvalue weighted by atomic mass is 9.89. The number of para-hydroxylation sites is 1. The molecule has 1 saturated heterocycles. The van der Waals surface area contributed by atoms with Gasteiger partial charge in [0.25, 0.3) is 0 Å². The smallest absolute Gasteiger partial charge is 0.249 e. The molecule has 5 rings (SSSR count). The fraction of sp³-hybridized carbons (Fsp3) is 0.333. The van der Waals surface area contributed by atoms with Gasteiger partial charge in [0.15, 0.2) is 0 Å². The first kappa shape index (κ1) is 19.5. The van der Waals surface area contributed by atoms with Gasteiger partial charge in [-0.1, -0.05) is 30.3 Å². The number of rotatable bonds is 4. The summed E-state index contributed by atoms with van der Waals surface area (Å²) in [5.74, 6) is -1.01. The van der Waals surface area contributed by atoms with Gasteiger partial charge in [-0.3, -0.25) is 24.8 Å². The number of carbonyl (C=O) groups excluding carboxylic acids is 3. The Morgan fingerprint density at radius 2 is 1.90 bits per heavy atom. The molecule has 2 aromatic carbocycles. The zero-order valence-electron chi connectivity index (χ0n) is 17.2. The van der Waals surface area contributed by atoms with Crippen LogP contribution in [0.3, 0.4) is 0 Å². The van der Waals surface area contributed by atoms with E-state index >= 15 is 0 Å². The second kappa shape index (κ2) is 7.98. The minimum atomic E-state index is -0.672. The van der Waals surface area contributed by atoms with Crippen molar-refractivity contribution in [3.8, 4) is 11.3 Å². The summed E-state index contributed by atoms with van der Waals surface area (Å²) in [5, 5.41) is 13.6. The third-order valence-corrected chi connectivity index (χ3v) is 6.23. The fourth-order valence-electron chi connectivity index (χ4n) is 4.60. The number of carbonyl (C=O) groups is 3. The Morgan fingerprint density at radius 3 is 2.74 bits per heavy atom. The largest absolute Gasteiger partial charge is 0.344 e. The van der Waals surface area contributed by atoms with Gasteiger partial charge in [-0.05, 0) is 54.9 Å². The Balaban J connectivity index is 1.38. The highest BCUT2D eigenvalue weighted by molar-refractivity contribution is 6.02. The Labute approximate surface area is 179 Å². The van der Waals surface area contributed by atoms with Crippen LogP contribution in [0.25, 0.3) is 22.2 Å². The standard InChI is InChI=1S/C24H24N4O3/c29-20-11-10-19(24(31)26-20)25-21(30)13-16-6-3-7-18-22(16)27-28-23(18)17-9-8-14-4-1-2-5-15(14)12-17/h3,6-9,12,19H,1-2,4-5,10-11,13H2,(H,25,30)(H,27,28)(H,26,29,31). The van der Waals surface area contributed by atoms with E-state index in [1.54, 1.807) is 0 Å². The molecule has 1 unspecified atom stereocenters. The topological polar surface area (TPSA) is 104 Å². The molecule has 0 saturated carbocycles.